The van der Waals surface area contributed by atoms with Crippen LogP contribution in [0.4, 0.5) is 5.69 Å². The second-order valence-electron chi connectivity index (χ2n) is 6.28. The van der Waals surface area contributed by atoms with Crippen molar-refractivity contribution in [1.29, 1.82) is 0 Å². The molecule has 0 radical (unpaired) electrons. The number of carboxylic acids is 1. The Hall–Kier alpha value is -3.20. The molecule has 0 saturated heterocycles. The Morgan fingerprint density at radius 1 is 1.14 bits per heavy atom. The zero-order chi connectivity index (χ0) is 20.9. The monoisotopic (exact) mass is 403 g/mol. The Balaban J connectivity index is 2.10. The molecule has 0 aliphatic carbocycles. The van der Waals surface area contributed by atoms with Gasteiger partial charge in [0, 0.05) is 0 Å². The van der Waals surface area contributed by atoms with E-state index < -0.39 is 28.4 Å². The van der Waals surface area contributed by atoms with E-state index in [0.717, 1.165) is 21.7 Å². The van der Waals surface area contributed by atoms with Gasteiger partial charge in [0.1, 0.15) is 6.54 Å². The van der Waals surface area contributed by atoms with E-state index in [2.05, 4.69) is 10.5 Å². The highest BCUT2D eigenvalue weighted by Crippen LogP contribution is 2.23. The highest BCUT2D eigenvalue weighted by Gasteiger charge is 2.22. The van der Waals surface area contributed by atoms with E-state index in [-0.39, 0.29) is 5.56 Å². The number of nitrogens with one attached hydrogen (secondary N) is 1. The SMILES string of the molecule is Cc1ccc(C)c(N(CC(=O)N/N=C\c2ccc(C(=O)O)cc2)S(C)(=O)=O)c1. The molecular formula is C19H21N3O5S. The van der Waals surface area contributed by atoms with Crippen LogP contribution in [0.5, 0.6) is 0 Å². The van der Waals surface area contributed by atoms with Crippen LogP contribution in [0.1, 0.15) is 27.0 Å². The molecule has 2 aromatic rings. The van der Waals surface area contributed by atoms with Crippen molar-refractivity contribution in [1.82, 2.24) is 5.43 Å². The fourth-order valence-electron chi connectivity index (χ4n) is 2.43. The highest BCUT2D eigenvalue weighted by molar-refractivity contribution is 7.92. The van der Waals surface area contributed by atoms with E-state index in [1.807, 2.05) is 13.0 Å². The first-order chi connectivity index (χ1) is 13.1. The number of hydrogen-bond donors (Lipinski definition) is 2. The lowest BCUT2D eigenvalue weighted by molar-refractivity contribution is -0.119. The Bertz CT molecular complexity index is 1010. The van der Waals surface area contributed by atoms with Crippen LogP contribution in [0, 0.1) is 13.8 Å². The summed E-state index contributed by atoms with van der Waals surface area (Å²) in [5.41, 5.74) is 5.04. The predicted octanol–water partition coefficient (Wildman–Crippen LogP) is 1.92. The van der Waals surface area contributed by atoms with Crippen LogP contribution in [0.3, 0.4) is 0 Å². The summed E-state index contributed by atoms with van der Waals surface area (Å²) in [6, 6.07) is 11.3. The molecule has 8 nitrogen and oxygen atoms in total. The molecule has 2 rings (SSSR count). The lowest BCUT2D eigenvalue weighted by atomic mass is 10.1. The third-order valence-corrected chi connectivity index (χ3v) is 5.01. The second kappa shape index (κ2) is 8.66. The van der Waals surface area contributed by atoms with Gasteiger partial charge >= 0.3 is 5.97 Å². The largest absolute Gasteiger partial charge is 0.478 e. The van der Waals surface area contributed by atoms with Crippen molar-refractivity contribution in [2.24, 2.45) is 5.10 Å². The molecule has 0 atom stereocenters. The number of hydrazone groups is 1. The smallest absolute Gasteiger partial charge is 0.335 e. The van der Waals surface area contributed by atoms with Crippen LogP contribution in [0.15, 0.2) is 47.6 Å². The Labute approximate surface area is 163 Å². The minimum absolute atomic E-state index is 0.138. The van der Waals surface area contributed by atoms with Crippen LogP contribution in [-0.2, 0) is 14.8 Å². The number of carboxylic acid groups (broad SMARTS) is 1. The van der Waals surface area contributed by atoms with Gasteiger partial charge in [-0.25, -0.2) is 18.6 Å². The summed E-state index contributed by atoms with van der Waals surface area (Å²) in [5.74, 6) is -1.64. The molecule has 9 heteroatoms. The third kappa shape index (κ3) is 5.65. The first-order valence-electron chi connectivity index (χ1n) is 8.28. The summed E-state index contributed by atoms with van der Waals surface area (Å²) in [7, 11) is -3.68. The van der Waals surface area contributed by atoms with E-state index in [1.165, 1.54) is 30.5 Å². The average molecular weight is 403 g/mol. The fraction of sp³-hybridized carbons (Fsp3) is 0.211. The van der Waals surface area contributed by atoms with E-state index >= 15 is 0 Å². The van der Waals surface area contributed by atoms with Crippen LogP contribution >= 0.6 is 0 Å². The van der Waals surface area contributed by atoms with Gasteiger partial charge in [-0.3, -0.25) is 9.10 Å². The molecule has 0 aromatic heterocycles. The summed E-state index contributed by atoms with van der Waals surface area (Å²) in [6.45, 7) is 3.19. The number of aromatic carboxylic acids is 1. The number of carbonyl (C=O) groups is 2. The van der Waals surface area contributed by atoms with Crippen molar-refractivity contribution in [3.63, 3.8) is 0 Å². The molecule has 0 aliphatic rings. The number of anilines is 1. The predicted molar refractivity (Wildman–Crippen MR) is 107 cm³/mol. The molecule has 0 unspecified atom stereocenters. The number of hydrogen-bond acceptors (Lipinski definition) is 5. The van der Waals surface area contributed by atoms with Crippen molar-refractivity contribution in [3.8, 4) is 0 Å². The number of benzene rings is 2. The first-order valence-corrected chi connectivity index (χ1v) is 10.1. The standard InChI is InChI=1S/C19H21N3O5S/c1-13-4-5-14(2)17(10-13)22(28(3,26)27)12-18(23)21-20-11-15-6-8-16(9-7-15)19(24)25/h4-11H,12H2,1-3H3,(H,21,23)(H,24,25)/b20-11-. The van der Waals surface area contributed by atoms with Gasteiger partial charge < -0.3 is 5.11 Å². The number of nitrogens with zero attached hydrogens (tertiary/aromatic N) is 2. The summed E-state index contributed by atoms with van der Waals surface area (Å²) < 4.78 is 25.4. The lowest BCUT2D eigenvalue weighted by Gasteiger charge is -2.23. The molecule has 2 N–H and O–H groups in total. The van der Waals surface area contributed by atoms with Gasteiger partial charge in [-0.1, -0.05) is 24.3 Å². The first kappa shape index (κ1) is 21.1. The summed E-state index contributed by atoms with van der Waals surface area (Å²) in [6.07, 6.45) is 2.38. The van der Waals surface area contributed by atoms with Gasteiger partial charge in [0.05, 0.1) is 23.7 Å². The zero-order valence-corrected chi connectivity index (χ0v) is 16.5. The van der Waals surface area contributed by atoms with Gasteiger partial charge in [-0.2, -0.15) is 5.10 Å². The Kier molecular flexibility index (Phi) is 6.53. The number of amides is 1. The number of sulfonamides is 1. The van der Waals surface area contributed by atoms with Crippen molar-refractivity contribution in [2.75, 3.05) is 17.1 Å². The highest BCUT2D eigenvalue weighted by atomic mass is 32.2. The van der Waals surface area contributed by atoms with Crippen LogP contribution in [0.25, 0.3) is 0 Å². The molecule has 0 fully saturated rings. The third-order valence-electron chi connectivity index (χ3n) is 3.88. The van der Waals surface area contributed by atoms with Gasteiger partial charge in [-0.05, 0) is 48.7 Å². The van der Waals surface area contributed by atoms with E-state index in [0.29, 0.717) is 11.3 Å². The minimum Gasteiger partial charge on any atom is -0.478 e. The van der Waals surface area contributed by atoms with Gasteiger partial charge in [-0.15, -0.1) is 0 Å². The molecule has 148 valence electrons. The van der Waals surface area contributed by atoms with Crippen LogP contribution in [0.2, 0.25) is 0 Å². The quantitative estimate of drug-likeness (QED) is 0.541. The van der Waals surface area contributed by atoms with Crippen molar-refractivity contribution in [2.45, 2.75) is 13.8 Å². The zero-order valence-electron chi connectivity index (χ0n) is 15.7. The maximum absolute atomic E-state index is 12.2. The summed E-state index contributed by atoms with van der Waals surface area (Å²) in [5, 5.41) is 12.7. The van der Waals surface area contributed by atoms with Gasteiger partial charge in [0.25, 0.3) is 5.91 Å². The molecule has 0 aliphatic heterocycles. The van der Waals surface area contributed by atoms with Crippen LogP contribution < -0.4 is 9.73 Å². The number of aryl methyl sites for hydroxylation is 2. The van der Waals surface area contributed by atoms with E-state index in [9.17, 15) is 18.0 Å². The Morgan fingerprint density at radius 2 is 1.79 bits per heavy atom. The molecule has 0 spiro atoms. The molecule has 0 saturated carbocycles. The molecule has 28 heavy (non-hydrogen) atoms. The normalized spacial score (nSPS) is 11.4. The molecule has 0 bridgehead atoms. The van der Waals surface area contributed by atoms with Crippen molar-refractivity contribution >= 4 is 33.8 Å². The topological polar surface area (TPSA) is 116 Å². The molecule has 1 amide bonds. The van der Waals surface area contributed by atoms with Crippen LogP contribution in [-0.4, -0.2) is 44.4 Å². The van der Waals surface area contributed by atoms with E-state index in [4.69, 9.17) is 5.11 Å². The average Bonchev–Trinajstić information content (AvgIpc) is 2.61. The maximum Gasteiger partial charge on any atom is 0.335 e. The molecule has 0 heterocycles. The fourth-order valence-corrected chi connectivity index (χ4v) is 3.33. The summed E-state index contributed by atoms with van der Waals surface area (Å²) in [4.78, 5) is 23.0. The minimum atomic E-state index is -3.68. The number of carbonyl (C=O) groups excluding carboxylic acids is 1. The second-order valence-corrected chi connectivity index (χ2v) is 8.19. The maximum atomic E-state index is 12.2. The van der Waals surface area contributed by atoms with E-state index in [1.54, 1.807) is 19.1 Å². The summed E-state index contributed by atoms with van der Waals surface area (Å²) >= 11 is 0. The Morgan fingerprint density at radius 3 is 2.36 bits per heavy atom. The number of rotatable bonds is 7. The van der Waals surface area contributed by atoms with Gasteiger partial charge in [0.2, 0.25) is 10.0 Å². The molecular weight excluding hydrogens is 382 g/mol. The van der Waals surface area contributed by atoms with Crippen molar-refractivity contribution < 1.29 is 23.1 Å². The van der Waals surface area contributed by atoms with Gasteiger partial charge in [0.15, 0.2) is 0 Å². The lowest BCUT2D eigenvalue weighted by Crippen LogP contribution is -2.39. The van der Waals surface area contributed by atoms with Crippen molar-refractivity contribution in [3.05, 3.63) is 64.7 Å². The molecule has 2 aromatic carbocycles.